The van der Waals surface area contributed by atoms with Crippen LogP contribution in [0.25, 0.3) is 0 Å². The molecule has 1 aromatic rings. The summed E-state index contributed by atoms with van der Waals surface area (Å²) in [5, 5.41) is 8.09. The maximum atomic E-state index is 13.4. The van der Waals surface area contributed by atoms with Crippen LogP contribution in [-0.4, -0.2) is 30.4 Å². The Morgan fingerprint density at radius 2 is 1.96 bits per heavy atom. The molecule has 2 aliphatic rings. The molecule has 2 unspecified atom stereocenters. The van der Waals surface area contributed by atoms with Gasteiger partial charge in [0, 0.05) is 18.4 Å². The van der Waals surface area contributed by atoms with Crippen molar-refractivity contribution in [3.8, 4) is 0 Å². The average Bonchev–Trinajstić information content (AvgIpc) is 2.85. The van der Waals surface area contributed by atoms with Gasteiger partial charge in [-0.05, 0) is 31.4 Å². The Morgan fingerprint density at radius 3 is 2.67 bits per heavy atom. The van der Waals surface area contributed by atoms with Crippen LogP contribution in [0.4, 0.5) is 18.9 Å². The van der Waals surface area contributed by atoms with E-state index in [0.717, 1.165) is 19.3 Å². The van der Waals surface area contributed by atoms with E-state index in [1.807, 2.05) is 6.07 Å². The van der Waals surface area contributed by atoms with E-state index in [9.17, 15) is 18.0 Å². The van der Waals surface area contributed by atoms with E-state index in [2.05, 4.69) is 10.4 Å². The molecule has 3 rings (SSSR count). The van der Waals surface area contributed by atoms with Crippen molar-refractivity contribution in [2.24, 2.45) is 11.0 Å². The van der Waals surface area contributed by atoms with Crippen molar-refractivity contribution in [3.05, 3.63) is 30.3 Å². The van der Waals surface area contributed by atoms with Gasteiger partial charge in [0.05, 0.1) is 12.2 Å². The Labute approximate surface area is 138 Å². The van der Waals surface area contributed by atoms with E-state index in [4.69, 9.17) is 0 Å². The standard InChI is InChI=1S/C17H20F3N3O/c18-17(19,20)16-12(10-13-6-4-5-9-15(24)21-13)11-23(22-16)14-7-2-1-3-8-14/h1-3,7-8,12-13H,4-6,9-11H2,(H,21,24). The second-order valence-corrected chi connectivity index (χ2v) is 6.34. The number of nitrogens with one attached hydrogen (secondary N) is 1. The van der Waals surface area contributed by atoms with Crippen LogP contribution in [0, 0.1) is 5.92 Å². The summed E-state index contributed by atoms with van der Waals surface area (Å²) in [6.07, 6.45) is -1.35. The molecular weight excluding hydrogens is 319 g/mol. The number of rotatable bonds is 3. The molecule has 2 heterocycles. The number of alkyl halides is 3. The van der Waals surface area contributed by atoms with Gasteiger partial charge in [0.15, 0.2) is 0 Å². The zero-order chi connectivity index (χ0) is 17.2. The molecule has 0 aliphatic carbocycles. The van der Waals surface area contributed by atoms with E-state index in [-0.39, 0.29) is 24.9 Å². The van der Waals surface area contributed by atoms with Crippen LogP contribution in [0.2, 0.25) is 0 Å². The molecule has 24 heavy (non-hydrogen) atoms. The van der Waals surface area contributed by atoms with Gasteiger partial charge in [-0.25, -0.2) is 0 Å². The van der Waals surface area contributed by atoms with Gasteiger partial charge in [0.2, 0.25) is 5.91 Å². The molecule has 4 nitrogen and oxygen atoms in total. The Bertz CT molecular complexity index is 615. The highest BCUT2D eigenvalue weighted by atomic mass is 19.4. The maximum Gasteiger partial charge on any atom is 0.431 e. The number of halogens is 3. The number of nitrogens with zero attached hydrogens (tertiary/aromatic N) is 2. The van der Waals surface area contributed by atoms with Crippen molar-refractivity contribution in [2.75, 3.05) is 11.6 Å². The minimum Gasteiger partial charge on any atom is -0.353 e. The highest BCUT2D eigenvalue weighted by Crippen LogP contribution is 2.33. The summed E-state index contributed by atoms with van der Waals surface area (Å²) >= 11 is 0. The van der Waals surface area contributed by atoms with Crippen LogP contribution in [0.15, 0.2) is 35.4 Å². The number of hydrogen-bond donors (Lipinski definition) is 1. The number of anilines is 1. The summed E-state index contributed by atoms with van der Waals surface area (Å²) in [5.41, 5.74) is -0.100. The van der Waals surface area contributed by atoms with Crippen molar-refractivity contribution in [1.82, 2.24) is 5.32 Å². The fraction of sp³-hybridized carbons (Fsp3) is 0.529. The zero-order valence-electron chi connectivity index (χ0n) is 13.2. The smallest absolute Gasteiger partial charge is 0.353 e. The highest BCUT2D eigenvalue weighted by Gasteiger charge is 2.46. The number of amides is 1. The fourth-order valence-corrected chi connectivity index (χ4v) is 3.35. The summed E-state index contributed by atoms with van der Waals surface area (Å²) in [4.78, 5) is 11.7. The van der Waals surface area contributed by atoms with Crippen molar-refractivity contribution < 1.29 is 18.0 Å². The van der Waals surface area contributed by atoms with Gasteiger partial charge in [-0.2, -0.15) is 18.3 Å². The second kappa shape index (κ2) is 6.83. The fourth-order valence-electron chi connectivity index (χ4n) is 3.35. The molecule has 0 spiro atoms. The Balaban J connectivity index is 1.76. The molecule has 1 amide bonds. The summed E-state index contributed by atoms with van der Waals surface area (Å²) in [7, 11) is 0. The quantitative estimate of drug-likeness (QED) is 0.916. The monoisotopic (exact) mass is 339 g/mol. The lowest BCUT2D eigenvalue weighted by Gasteiger charge is -2.22. The van der Waals surface area contributed by atoms with Gasteiger partial charge in [-0.3, -0.25) is 9.80 Å². The van der Waals surface area contributed by atoms with Gasteiger partial charge in [-0.1, -0.05) is 24.6 Å². The summed E-state index contributed by atoms with van der Waals surface area (Å²) in [5.74, 6) is -0.797. The number of hydrazone groups is 1. The van der Waals surface area contributed by atoms with Crippen LogP contribution in [-0.2, 0) is 4.79 Å². The lowest BCUT2D eigenvalue weighted by atomic mass is 9.93. The molecule has 1 fully saturated rings. The van der Waals surface area contributed by atoms with Crippen LogP contribution in [0.3, 0.4) is 0 Å². The van der Waals surface area contributed by atoms with Crippen molar-refractivity contribution in [3.63, 3.8) is 0 Å². The predicted octanol–water partition coefficient (Wildman–Crippen LogP) is 3.49. The molecule has 130 valence electrons. The van der Waals surface area contributed by atoms with Crippen LogP contribution in [0.1, 0.15) is 32.1 Å². The Morgan fingerprint density at radius 1 is 1.21 bits per heavy atom. The van der Waals surface area contributed by atoms with Gasteiger partial charge < -0.3 is 5.32 Å². The number of benzene rings is 1. The summed E-state index contributed by atoms with van der Waals surface area (Å²) in [6, 6.07) is 8.63. The van der Waals surface area contributed by atoms with Gasteiger partial charge >= 0.3 is 6.18 Å². The highest BCUT2D eigenvalue weighted by molar-refractivity contribution is 5.95. The summed E-state index contributed by atoms with van der Waals surface area (Å²) < 4.78 is 40.1. The number of carbonyl (C=O) groups is 1. The Kier molecular flexibility index (Phi) is 4.78. The predicted molar refractivity (Wildman–Crippen MR) is 85.8 cm³/mol. The topological polar surface area (TPSA) is 44.7 Å². The molecule has 0 aromatic heterocycles. The first-order valence-electron chi connectivity index (χ1n) is 8.21. The molecule has 1 N–H and O–H groups in total. The van der Waals surface area contributed by atoms with Gasteiger partial charge in [-0.15, -0.1) is 0 Å². The minimum absolute atomic E-state index is 0.0686. The van der Waals surface area contributed by atoms with E-state index < -0.39 is 17.8 Å². The largest absolute Gasteiger partial charge is 0.431 e. The third kappa shape index (κ3) is 3.88. The van der Waals surface area contributed by atoms with Gasteiger partial charge in [0.25, 0.3) is 0 Å². The first kappa shape index (κ1) is 16.8. The average molecular weight is 339 g/mol. The number of hydrogen-bond acceptors (Lipinski definition) is 3. The van der Waals surface area contributed by atoms with E-state index in [0.29, 0.717) is 12.1 Å². The van der Waals surface area contributed by atoms with Crippen molar-refractivity contribution in [1.29, 1.82) is 0 Å². The molecule has 1 saturated heterocycles. The summed E-state index contributed by atoms with van der Waals surface area (Å²) in [6.45, 7) is 0.186. The molecule has 0 saturated carbocycles. The van der Waals surface area contributed by atoms with Crippen molar-refractivity contribution >= 4 is 17.3 Å². The van der Waals surface area contributed by atoms with Crippen LogP contribution in [0.5, 0.6) is 0 Å². The first-order chi connectivity index (χ1) is 11.4. The molecule has 0 bridgehead atoms. The third-order valence-electron chi connectivity index (χ3n) is 4.49. The van der Waals surface area contributed by atoms with Crippen molar-refractivity contribution in [2.45, 2.75) is 44.3 Å². The lowest BCUT2D eigenvalue weighted by Crippen LogP contribution is -2.39. The van der Waals surface area contributed by atoms with E-state index in [1.54, 1.807) is 24.3 Å². The van der Waals surface area contributed by atoms with Gasteiger partial charge in [0.1, 0.15) is 5.71 Å². The molecule has 7 heteroatoms. The third-order valence-corrected chi connectivity index (χ3v) is 4.49. The molecular formula is C17H20F3N3O. The van der Waals surface area contributed by atoms with E-state index in [1.165, 1.54) is 5.01 Å². The normalized spacial score (nSPS) is 25.2. The SMILES string of the molecule is O=C1CCCCC(CC2CN(c3ccccc3)N=C2C(F)(F)F)N1. The number of para-hydroxylation sites is 1. The second-order valence-electron chi connectivity index (χ2n) is 6.34. The Hall–Kier alpha value is -2.05. The molecule has 2 aliphatic heterocycles. The van der Waals surface area contributed by atoms with Crippen LogP contribution < -0.4 is 10.3 Å². The number of carbonyl (C=O) groups excluding carboxylic acids is 1. The zero-order valence-corrected chi connectivity index (χ0v) is 13.2. The molecule has 1 aromatic carbocycles. The van der Waals surface area contributed by atoms with E-state index >= 15 is 0 Å². The molecule has 2 atom stereocenters. The first-order valence-corrected chi connectivity index (χ1v) is 8.21. The lowest BCUT2D eigenvalue weighted by molar-refractivity contribution is -0.121. The minimum atomic E-state index is -4.46. The maximum absolute atomic E-state index is 13.4. The van der Waals surface area contributed by atoms with Crippen LogP contribution >= 0.6 is 0 Å². The molecule has 0 radical (unpaired) electrons.